The molecule has 1 unspecified atom stereocenters. The molecule has 114 valence electrons. The van der Waals surface area contributed by atoms with Crippen LogP contribution in [-0.2, 0) is 10.2 Å². The molecule has 3 N–H and O–H groups in total. The first-order chi connectivity index (χ1) is 8.75. The molecule has 0 aliphatic heterocycles. The lowest BCUT2D eigenvalue weighted by atomic mass is 9.86. The minimum atomic E-state index is -0.420. The molecular formula is C16H27ClN2O. The van der Waals surface area contributed by atoms with Gasteiger partial charge in [0.25, 0.3) is 0 Å². The van der Waals surface area contributed by atoms with Crippen LogP contribution in [0.3, 0.4) is 0 Å². The minimum absolute atomic E-state index is 0. The number of nitrogens with two attached hydrogens (primary N) is 1. The highest BCUT2D eigenvalue weighted by Gasteiger charge is 2.16. The molecule has 0 aliphatic carbocycles. The molecule has 3 nitrogen and oxygen atoms in total. The standard InChI is InChI=1S/C16H26N2O.ClH/c1-6-14(17)15(19)18-11(2)12-7-9-13(10-8-12)16(3,4)5;/h7-11,14H,6,17H2,1-5H3,(H,18,19);1H/t11?,14-;/m0./s1. The van der Waals surface area contributed by atoms with Gasteiger partial charge >= 0.3 is 0 Å². The van der Waals surface area contributed by atoms with Gasteiger partial charge < -0.3 is 11.1 Å². The van der Waals surface area contributed by atoms with Gasteiger partial charge in [0.1, 0.15) is 0 Å². The Morgan fingerprint density at radius 2 is 1.75 bits per heavy atom. The molecule has 1 aromatic carbocycles. The fourth-order valence-electron chi connectivity index (χ4n) is 1.86. The Kier molecular flexibility index (Phi) is 7.25. The third-order valence-corrected chi connectivity index (χ3v) is 3.41. The van der Waals surface area contributed by atoms with Crippen LogP contribution in [0.4, 0.5) is 0 Å². The van der Waals surface area contributed by atoms with Gasteiger partial charge in [-0.25, -0.2) is 0 Å². The minimum Gasteiger partial charge on any atom is -0.348 e. The van der Waals surface area contributed by atoms with E-state index < -0.39 is 6.04 Å². The number of halogens is 1. The molecule has 0 heterocycles. The first-order valence-corrected chi connectivity index (χ1v) is 6.92. The van der Waals surface area contributed by atoms with Crippen LogP contribution in [0.5, 0.6) is 0 Å². The molecule has 1 amide bonds. The Hall–Kier alpha value is -1.06. The number of carbonyl (C=O) groups excluding carboxylic acids is 1. The summed E-state index contributed by atoms with van der Waals surface area (Å²) >= 11 is 0. The first-order valence-electron chi connectivity index (χ1n) is 6.92. The summed E-state index contributed by atoms with van der Waals surface area (Å²) in [6.45, 7) is 10.5. The van der Waals surface area contributed by atoms with Gasteiger partial charge in [0.15, 0.2) is 0 Å². The summed E-state index contributed by atoms with van der Waals surface area (Å²) in [6, 6.07) is 7.96. The number of rotatable bonds is 4. The van der Waals surface area contributed by atoms with Gasteiger partial charge in [-0.1, -0.05) is 52.0 Å². The number of hydrogen-bond acceptors (Lipinski definition) is 2. The van der Waals surface area contributed by atoms with E-state index in [2.05, 4.69) is 50.4 Å². The van der Waals surface area contributed by atoms with Crippen LogP contribution >= 0.6 is 12.4 Å². The van der Waals surface area contributed by atoms with Crippen molar-refractivity contribution < 1.29 is 4.79 Å². The molecule has 0 saturated heterocycles. The van der Waals surface area contributed by atoms with Crippen LogP contribution in [0.1, 0.15) is 58.2 Å². The lowest BCUT2D eigenvalue weighted by Gasteiger charge is -2.21. The predicted molar refractivity (Wildman–Crippen MR) is 87.2 cm³/mol. The van der Waals surface area contributed by atoms with Crippen molar-refractivity contribution in [2.45, 2.75) is 58.5 Å². The van der Waals surface area contributed by atoms with Crippen molar-refractivity contribution >= 4 is 18.3 Å². The Morgan fingerprint density at radius 3 is 2.15 bits per heavy atom. The summed E-state index contributed by atoms with van der Waals surface area (Å²) < 4.78 is 0. The molecule has 20 heavy (non-hydrogen) atoms. The molecule has 4 heteroatoms. The van der Waals surface area contributed by atoms with Crippen LogP contribution in [0.2, 0.25) is 0 Å². The third kappa shape index (κ3) is 5.14. The average molecular weight is 299 g/mol. The van der Waals surface area contributed by atoms with E-state index in [1.54, 1.807) is 0 Å². The summed E-state index contributed by atoms with van der Waals surface area (Å²) in [5.41, 5.74) is 8.25. The van der Waals surface area contributed by atoms with Crippen molar-refractivity contribution in [3.8, 4) is 0 Å². The first kappa shape index (κ1) is 18.9. The Morgan fingerprint density at radius 1 is 1.25 bits per heavy atom. The van der Waals surface area contributed by atoms with E-state index in [-0.39, 0.29) is 29.8 Å². The van der Waals surface area contributed by atoms with Gasteiger partial charge in [0.05, 0.1) is 12.1 Å². The van der Waals surface area contributed by atoms with Crippen molar-refractivity contribution in [2.75, 3.05) is 0 Å². The Labute approximate surface area is 128 Å². The third-order valence-electron chi connectivity index (χ3n) is 3.41. The van der Waals surface area contributed by atoms with Crippen LogP contribution in [0.15, 0.2) is 24.3 Å². The van der Waals surface area contributed by atoms with Crippen molar-refractivity contribution in [3.63, 3.8) is 0 Å². The van der Waals surface area contributed by atoms with E-state index >= 15 is 0 Å². The molecule has 0 bridgehead atoms. The summed E-state index contributed by atoms with van der Waals surface area (Å²) in [6.07, 6.45) is 0.654. The smallest absolute Gasteiger partial charge is 0.237 e. The highest BCUT2D eigenvalue weighted by Crippen LogP contribution is 2.23. The molecule has 1 rings (SSSR count). The topological polar surface area (TPSA) is 55.1 Å². The number of amides is 1. The van der Waals surface area contributed by atoms with Crippen molar-refractivity contribution in [2.24, 2.45) is 5.73 Å². The van der Waals surface area contributed by atoms with Crippen molar-refractivity contribution in [1.82, 2.24) is 5.32 Å². The van der Waals surface area contributed by atoms with Gasteiger partial charge in [-0.15, -0.1) is 12.4 Å². The quantitative estimate of drug-likeness (QED) is 0.896. The fraction of sp³-hybridized carbons (Fsp3) is 0.562. The normalized spacial score (nSPS) is 14.1. The zero-order valence-corrected chi connectivity index (χ0v) is 13.9. The molecule has 0 fully saturated rings. The molecular weight excluding hydrogens is 272 g/mol. The fourth-order valence-corrected chi connectivity index (χ4v) is 1.86. The number of nitrogens with one attached hydrogen (secondary N) is 1. The Bertz CT molecular complexity index is 423. The molecule has 0 radical (unpaired) electrons. The van der Waals surface area contributed by atoms with Crippen molar-refractivity contribution in [1.29, 1.82) is 0 Å². The number of hydrogen-bond donors (Lipinski definition) is 2. The van der Waals surface area contributed by atoms with E-state index in [1.165, 1.54) is 5.56 Å². The van der Waals surface area contributed by atoms with Crippen LogP contribution in [-0.4, -0.2) is 11.9 Å². The van der Waals surface area contributed by atoms with Gasteiger partial charge in [-0.2, -0.15) is 0 Å². The zero-order chi connectivity index (χ0) is 14.6. The maximum atomic E-state index is 11.7. The summed E-state index contributed by atoms with van der Waals surface area (Å²) in [4.78, 5) is 11.7. The van der Waals surface area contributed by atoms with Gasteiger partial charge in [0, 0.05) is 0 Å². The monoisotopic (exact) mass is 298 g/mol. The van der Waals surface area contributed by atoms with Crippen LogP contribution in [0, 0.1) is 0 Å². The largest absolute Gasteiger partial charge is 0.348 e. The molecule has 0 saturated carbocycles. The van der Waals surface area contributed by atoms with E-state index in [0.717, 1.165) is 5.56 Å². The molecule has 1 aromatic rings. The molecule has 2 atom stereocenters. The maximum absolute atomic E-state index is 11.7. The maximum Gasteiger partial charge on any atom is 0.237 e. The summed E-state index contributed by atoms with van der Waals surface area (Å²) in [7, 11) is 0. The predicted octanol–water partition coefficient (Wildman–Crippen LogP) is 3.32. The Balaban J connectivity index is 0.00000361. The highest BCUT2D eigenvalue weighted by atomic mass is 35.5. The van der Waals surface area contributed by atoms with Crippen LogP contribution in [0.25, 0.3) is 0 Å². The lowest BCUT2D eigenvalue weighted by molar-refractivity contribution is -0.123. The van der Waals surface area contributed by atoms with Gasteiger partial charge in [-0.05, 0) is 29.9 Å². The van der Waals surface area contributed by atoms with Gasteiger partial charge in [0.2, 0.25) is 5.91 Å². The zero-order valence-electron chi connectivity index (χ0n) is 13.1. The van der Waals surface area contributed by atoms with E-state index in [9.17, 15) is 4.79 Å². The lowest BCUT2D eigenvalue weighted by Crippen LogP contribution is -2.41. The second-order valence-corrected chi connectivity index (χ2v) is 6.12. The van der Waals surface area contributed by atoms with Crippen molar-refractivity contribution in [3.05, 3.63) is 35.4 Å². The summed E-state index contributed by atoms with van der Waals surface area (Å²) in [5.74, 6) is -0.0881. The van der Waals surface area contributed by atoms with Crippen LogP contribution < -0.4 is 11.1 Å². The second-order valence-electron chi connectivity index (χ2n) is 6.12. The SMILES string of the molecule is CC[C@H](N)C(=O)NC(C)c1ccc(C(C)(C)C)cc1.Cl. The van der Waals surface area contributed by atoms with E-state index in [0.29, 0.717) is 6.42 Å². The number of benzene rings is 1. The average Bonchev–Trinajstić information content (AvgIpc) is 2.36. The second kappa shape index (κ2) is 7.65. The molecule has 0 spiro atoms. The van der Waals surface area contributed by atoms with Gasteiger partial charge in [-0.3, -0.25) is 4.79 Å². The molecule has 0 aliphatic rings. The van der Waals surface area contributed by atoms with E-state index in [1.807, 2.05) is 13.8 Å². The van der Waals surface area contributed by atoms with E-state index in [4.69, 9.17) is 5.73 Å². The molecule has 0 aromatic heterocycles. The number of carbonyl (C=O) groups is 1. The summed E-state index contributed by atoms with van der Waals surface area (Å²) in [5, 5.41) is 2.94. The highest BCUT2D eigenvalue weighted by molar-refractivity contribution is 5.85.